The third-order valence-corrected chi connectivity index (χ3v) is 6.27. The molecule has 0 atom stereocenters. The van der Waals surface area contributed by atoms with Gasteiger partial charge in [0.1, 0.15) is 4.90 Å². The molecule has 3 aromatic rings. The van der Waals surface area contributed by atoms with Crippen LogP contribution in [0.25, 0.3) is 0 Å². The van der Waals surface area contributed by atoms with E-state index in [4.69, 9.17) is 20.5 Å². The van der Waals surface area contributed by atoms with Crippen molar-refractivity contribution in [2.75, 3.05) is 7.11 Å². The topological polar surface area (TPSA) is 65.0 Å². The van der Waals surface area contributed by atoms with Gasteiger partial charge < -0.3 is 8.92 Å². The highest BCUT2D eigenvalue weighted by molar-refractivity contribution is 14.1. The minimum Gasteiger partial charge on any atom is -0.493 e. The van der Waals surface area contributed by atoms with Crippen molar-refractivity contribution in [1.29, 1.82) is 0 Å². The van der Waals surface area contributed by atoms with E-state index in [9.17, 15) is 8.42 Å². The van der Waals surface area contributed by atoms with Crippen molar-refractivity contribution in [3.63, 3.8) is 0 Å². The number of ether oxygens (including phenoxy) is 1. The van der Waals surface area contributed by atoms with Crippen molar-refractivity contribution >= 4 is 56.2 Å². The van der Waals surface area contributed by atoms with Gasteiger partial charge in [-0.1, -0.05) is 35.9 Å². The number of methoxy groups -OCH3 is 1. The Morgan fingerprint density at radius 3 is 2.48 bits per heavy atom. The highest BCUT2D eigenvalue weighted by Gasteiger charge is 2.21. The summed E-state index contributed by atoms with van der Waals surface area (Å²) >= 11 is 8.04. The van der Waals surface area contributed by atoms with Gasteiger partial charge in [-0.2, -0.15) is 8.42 Å². The number of rotatable bonds is 6. The third kappa shape index (κ3) is 5.29. The second kappa shape index (κ2) is 9.15. The minimum atomic E-state index is -3.98. The number of nitrogens with zero attached hydrogens (tertiary/aromatic N) is 1. The molecule has 8 heteroatoms. The molecular formula is C21H17ClINO4S. The number of aliphatic imine (C=N–C) groups is 1. The SMILES string of the molecule is COc1cc(C=Nc2cc(Cl)ccc2C)cc(I)c1OS(=O)(=O)c1ccccc1. The van der Waals surface area contributed by atoms with Gasteiger partial charge in [0.2, 0.25) is 0 Å². The summed E-state index contributed by atoms with van der Waals surface area (Å²) in [4.78, 5) is 4.55. The Bertz CT molecular complexity index is 1160. The molecule has 3 rings (SSSR count). The predicted molar refractivity (Wildman–Crippen MR) is 123 cm³/mol. The largest absolute Gasteiger partial charge is 0.493 e. The molecule has 3 aromatic carbocycles. The van der Waals surface area contributed by atoms with Crippen LogP contribution in [0.1, 0.15) is 11.1 Å². The van der Waals surface area contributed by atoms with Crippen molar-refractivity contribution < 1.29 is 17.3 Å². The maximum atomic E-state index is 12.6. The molecule has 0 unspecified atom stereocenters. The van der Waals surface area contributed by atoms with E-state index in [1.54, 1.807) is 48.7 Å². The summed E-state index contributed by atoms with van der Waals surface area (Å²) in [5.74, 6) is 0.425. The van der Waals surface area contributed by atoms with Gasteiger partial charge in [0.25, 0.3) is 0 Å². The summed E-state index contributed by atoms with van der Waals surface area (Å²) in [6.07, 6.45) is 1.67. The molecule has 0 heterocycles. The lowest BCUT2D eigenvalue weighted by atomic mass is 10.2. The van der Waals surface area contributed by atoms with Crippen LogP contribution in [0.3, 0.4) is 0 Å². The molecule has 0 aromatic heterocycles. The highest BCUT2D eigenvalue weighted by atomic mass is 127. The second-order valence-corrected chi connectivity index (χ2v) is 9.22. The lowest BCUT2D eigenvalue weighted by molar-refractivity contribution is 0.389. The standard InChI is InChI=1S/C21H17ClINO4S/c1-14-8-9-16(22)12-19(14)24-13-15-10-18(23)21(20(11-15)27-2)28-29(25,26)17-6-4-3-5-7-17/h3-13H,1-2H3. The molecule has 0 aliphatic rings. The molecule has 0 aliphatic heterocycles. The fourth-order valence-electron chi connectivity index (χ4n) is 2.51. The summed E-state index contributed by atoms with van der Waals surface area (Å²) < 4.78 is 36.4. The van der Waals surface area contributed by atoms with Crippen molar-refractivity contribution in [3.8, 4) is 11.5 Å². The monoisotopic (exact) mass is 541 g/mol. The number of aryl methyl sites for hydroxylation is 1. The summed E-state index contributed by atoms with van der Waals surface area (Å²) in [6.45, 7) is 1.94. The lowest BCUT2D eigenvalue weighted by Crippen LogP contribution is -2.11. The van der Waals surface area contributed by atoms with E-state index in [-0.39, 0.29) is 10.6 Å². The van der Waals surface area contributed by atoms with E-state index >= 15 is 0 Å². The molecule has 0 spiro atoms. The van der Waals surface area contributed by atoms with E-state index < -0.39 is 10.1 Å². The maximum absolute atomic E-state index is 12.6. The van der Waals surface area contributed by atoms with Crippen molar-refractivity contribution in [2.45, 2.75) is 11.8 Å². The second-order valence-electron chi connectivity index (χ2n) is 6.07. The third-order valence-electron chi connectivity index (χ3n) is 4.00. The van der Waals surface area contributed by atoms with Crippen LogP contribution in [0.5, 0.6) is 11.5 Å². The van der Waals surface area contributed by atoms with Crippen LogP contribution >= 0.6 is 34.2 Å². The zero-order chi connectivity index (χ0) is 21.0. The van der Waals surface area contributed by atoms with Gasteiger partial charge in [0, 0.05) is 11.2 Å². The smallest absolute Gasteiger partial charge is 0.339 e. The number of hydrogen-bond acceptors (Lipinski definition) is 5. The Kier molecular flexibility index (Phi) is 6.81. The van der Waals surface area contributed by atoms with E-state index in [2.05, 4.69) is 4.99 Å². The Morgan fingerprint density at radius 2 is 1.79 bits per heavy atom. The molecule has 0 bridgehead atoms. The molecule has 0 fully saturated rings. The summed E-state index contributed by atoms with van der Waals surface area (Å²) in [5, 5.41) is 0.602. The summed E-state index contributed by atoms with van der Waals surface area (Å²) in [7, 11) is -2.53. The van der Waals surface area contributed by atoms with Crippen LogP contribution in [0, 0.1) is 10.5 Å². The average Bonchev–Trinajstić information content (AvgIpc) is 2.71. The van der Waals surface area contributed by atoms with Gasteiger partial charge >= 0.3 is 10.1 Å². The molecule has 0 aliphatic carbocycles. The molecule has 0 amide bonds. The molecule has 0 saturated heterocycles. The first kappa shape index (κ1) is 21.6. The van der Waals surface area contributed by atoms with Gasteiger partial charge in [-0.3, -0.25) is 4.99 Å². The molecular weight excluding hydrogens is 525 g/mol. The van der Waals surface area contributed by atoms with Gasteiger partial charge in [0.05, 0.1) is 16.4 Å². The maximum Gasteiger partial charge on any atom is 0.339 e. The lowest BCUT2D eigenvalue weighted by Gasteiger charge is -2.13. The van der Waals surface area contributed by atoms with E-state index in [0.29, 0.717) is 14.3 Å². The molecule has 5 nitrogen and oxygen atoms in total. The van der Waals surface area contributed by atoms with Crippen LogP contribution in [0.15, 0.2) is 70.6 Å². The van der Waals surface area contributed by atoms with E-state index in [1.807, 2.05) is 35.6 Å². The fraction of sp³-hybridized carbons (Fsp3) is 0.0952. The number of halogens is 2. The van der Waals surface area contributed by atoms with E-state index in [1.165, 1.54) is 19.2 Å². The molecule has 0 saturated carbocycles. The molecule has 150 valence electrons. The van der Waals surface area contributed by atoms with Crippen LogP contribution < -0.4 is 8.92 Å². The zero-order valence-corrected chi connectivity index (χ0v) is 19.3. The van der Waals surface area contributed by atoms with Crippen LogP contribution in [-0.4, -0.2) is 21.7 Å². The Hall–Kier alpha value is -2.10. The number of benzene rings is 3. The predicted octanol–water partition coefficient (Wildman–Crippen LogP) is 5.78. The molecule has 29 heavy (non-hydrogen) atoms. The van der Waals surface area contributed by atoms with Gasteiger partial charge in [-0.15, -0.1) is 0 Å². The van der Waals surface area contributed by atoms with Crippen molar-refractivity contribution in [1.82, 2.24) is 0 Å². The Labute approximate surface area is 188 Å². The van der Waals surface area contributed by atoms with Crippen LogP contribution in [-0.2, 0) is 10.1 Å². The fourth-order valence-corrected chi connectivity index (χ4v) is 4.54. The van der Waals surface area contributed by atoms with Gasteiger partial charge in [-0.25, -0.2) is 0 Å². The van der Waals surface area contributed by atoms with Crippen molar-refractivity contribution in [2.24, 2.45) is 4.99 Å². The Morgan fingerprint density at radius 1 is 1.07 bits per heavy atom. The average molecular weight is 542 g/mol. The summed E-state index contributed by atoms with van der Waals surface area (Å²) in [6, 6.07) is 16.9. The van der Waals surface area contributed by atoms with Crippen molar-refractivity contribution in [3.05, 3.63) is 80.4 Å². The van der Waals surface area contributed by atoms with Crippen LogP contribution in [0.4, 0.5) is 5.69 Å². The zero-order valence-electron chi connectivity index (χ0n) is 15.6. The number of hydrogen-bond donors (Lipinski definition) is 0. The summed E-state index contributed by atoms with van der Waals surface area (Å²) in [5.41, 5.74) is 2.47. The first-order valence-corrected chi connectivity index (χ1v) is 11.3. The normalized spacial score (nSPS) is 11.6. The Balaban J connectivity index is 1.94. The molecule has 0 N–H and O–H groups in total. The highest BCUT2D eigenvalue weighted by Crippen LogP contribution is 2.36. The first-order valence-electron chi connectivity index (χ1n) is 8.47. The van der Waals surface area contributed by atoms with E-state index in [0.717, 1.165) is 16.8 Å². The van der Waals surface area contributed by atoms with Crippen LogP contribution in [0.2, 0.25) is 5.02 Å². The van der Waals surface area contributed by atoms with Gasteiger partial charge in [0.15, 0.2) is 11.5 Å². The minimum absolute atomic E-state index is 0.0694. The quantitative estimate of drug-likeness (QED) is 0.225. The van der Waals surface area contributed by atoms with Gasteiger partial charge in [-0.05, 0) is 77.0 Å². The first-order chi connectivity index (χ1) is 13.8. The molecule has 0 radical (unpaired) electrons.